The highest BCUT2D eigenvalue weighted by atomic mass is 35.5. The average Bonchev–Trinajstić information content (AvgIpc) is 2.99. The second-order valence-electron chi connectivity index (χ2n) is 5.74. The van der Waals surface area contributed by atoms with Crippen LogP contribution in [0.4, 0.5) is 5.69 Å². The van der Waals surface area contributed by atoms with Crippen molar-refractivity contribution < 1.29 is 9.32 Å². The fraction of sp³-hybridized carbons (Fsp3) is 0.312. The quantitative estimate of drug-likeness (QED) is 0.503. The number of anilines is 1. The summed E-state index contributed by atoms with van der Waals surface area (Å²) in [6, 6.07) is 10.5. The Balaban J connectivity index is 0.000000253. The lowest BCUT2D eigenvalue weighted by Gasteiger charge is -2.11. The highest BCUT2D eigenvalue weighted by molar-refractivity contribution is 6.30. The maximum Gasteiger partial charge on any atom is 0.198 e. The van der Waals surface area contributed by atoms with Gasteiger partial charge >= 0.3 is 0 Å². The highest BCUT2D eigenvalue weighted by Crippen LogP contribution is 2.22. The lowest BCUT2D eigenvalue weighted by Crippen LogP contribution is -2.09. The van der Waals surface area contributed by atoms with Crippen molar-refractivity contribution in [1.29, 1.82) is 5.26 Å². The number of nitrogens with zero attached hydrogens (tertiary/aromatic N) is 2. The van der Waals surface area contributed by atoms with Crippen LogP contribution in [0.2, 0.25) is 5.02 Å². The minimum absolute atomic E-state index is 0.157. The summed E-state index contributed by atoms with van der Waals surface area (Å²) in [4.78, 5) is 11.2. The Morgan fingerprint density at radius 3 is 2.43 bits per heavy atom. The molecule has 1 aromatic carbocycles. The standard InChI is InChI=1S/C10H12N2O2.C6H7ClN2/c1-10(2,3)9-6-7(12-14-9)8(13)4-5-11;7-5-1-3-6(9-8)4-2-5/h6H,4H2,1-3H3;1-4,9H,8H2. The number of hydrazine groups is 1. The molecule has 0 amide bonds. The van der Waals surface area contributed by atoms with Crippen molar-refractivity contribution >= 4 is 23.1 Å². The third-order valence-corrected chi connectivity index (χ3v) is 3.04. The van der Waals surface area contributed by atoms with Gasteiger partial charge in [-0.2, -0.15) is 5.26 Å². The van der Waals surface area contributed by atoms with E-state index < -0.39 is 0 Å². The van der Waals surface area contributed by atoms with Crippen LogP contribution in [-0.4, -0.2) is 10.9 Å². The van der Waals surface area contributed by atoms with Gasteiger partial charge in [0.1, 0.15) is 12.2 Å². The molecule has 0 spiro atoms. The number of hydrogen-bond donors (Lipinski definition) is 2. The molecule has 0 fully saturated rings. The minimum Gasteiger partial charge on any atom is -0.360 e. The van der Waals surface area contributed by atoms with E-state index in [1.165, 1.54) is 0 Å². The van der Waals surface area contributed by atoms with Crippen molar-refractivity contribution in [2.45, 2.75) is 32.6 Å². The molecule has 6 nitrogen and oxygen atoms in total. The van der Waals surface area contributed by atoms with Gasteiger partial charge in [-0.05, 0) is 24.3 Å². The second kappa shape index (κ2) is 8.32. The molecule has 122 valence electrons. The molecule has 0 atom stereocenters. The van der Waals surface area contributed by atoms with Crippen LogP contribution in [0.5, 0.6) is 0 Å². The fourth-order valence-corrected chi connectivity index (χ4v) is 1.59. The van der Waals surface area contributed by atoms with Crippen molar-refractivity contribution in [3.05, 3.63) is 46.8 Å². The van der Waals surface area contributed by atoms with Crippen LogP contribution in [0.3, 0.4) is 0 Å². The van der Waals surface area contributed by atoms with Crippen LogP contribution in [0, 0.1) is 11.3 Å². The number of hydrogen-bond acceptors (Lipinski definition) is 6. The van der Waals surface area contributed by atoms with Gasteiger partial charge in [0.15, 0.2) is 11.5 Å². The Morgan fingerprint density at radius 1 is 1.39 bits per heavy atom. The molecule has 1 aromatic heterocycles. The molecule has 0 saturated heterocycles. The van der Waals surface area contributed by atoms with E-state index in [9.17, 15) is 4.79 Å². The van der Waals surface area contributed by atoms with E-state index in [2.05, 4.69) is 10.6 Å². The largest absolute Gasteiger partial charge is 0.360 e. The lowest BCUT2D eigenvalue weighted by atomic mass is 9.93. The molecular formula is C16H19ClN4O2. The number of nitrogens with two attached hydrogens (primary N) is 1. The van der Waals surface area contributed by atoms with E-state index >= 15 is 0 Å². The van der Waals surface area contributed by atoms with Crippen LogP contribution in [0.25, 0.3) is 0 Å². The van der Waals surface area contributed by atoms with E-state index in [0.717, 1.165) is 5.69 Å². The van der Waals surface area contributed by atoms with Crippen LogP contribution < -0.4 is 11.3 Å². The summed E-state index contributed by atoms with van der Waals surface area (Å²) in [7, 11) is 0. The maximum absolute atomic E-state index is 11.2. The first kappa shape index (κ1) is 18.7. The molecule has 2 rings (SSSR count). The van der Waals surface area contributed by atoms with Crippen molar-refractivity contribution in [1.82, 2.24) is 5.16 Å². The molecule has 0 bridgehead atoms. The summed E-state index contributed by atoms with van der Waals surface area (Å²) >= 11 is 5.60. The van der Waals surface area contributed by atoms with Gasteiger partial charge in [0.25, 0.3) is 0 Å². The first-order chi connectivity index (χ1) is 10.8. The first-order valence-electron chi connectivity index (χ1n) is 6.87. The molecule has 1 heterocycles. The molecule has 0 radical (unpaired) electrons. The van der Waals surface area contributed by atoms with Gasteiger partial charge < -0.3 is 9.95 Å². The van der Waals surface area contributed by atoms with Gasteiger partial charge in [-0.3, -0.25) is 10.6 Å². The molecule has 2 aromatic rings. The molecule has 0 aliphatic carbocycles. The lowest BCUT2D eigenvalue weighted by molar-refractivity contribution is 0.0989. The Bertz CT molecular complexity index is 681. The summed E-state index contributed by atoms with van der Waals surface area (Å²) in [5, 5.41) is 12.7. The highest BCUT2D eigenvalue weighted by Gasteiger charge is 2.21. The summed E-state index contributed by atoms with van der Waals surface area (Å²) in [6.07, 6.45) is -0.157. The number of halogens is 1. The second-order valence-corrected chi connectivity index (χ2v) is 6.17. The molecule has 0 unspecified atom stereocenters. The third-order valence-electron chi connectivity index (χ3n) is 2.79. The number of aromatic nitrogens is 1. The first-order valence-corrected chi connectivity index (χ1v) is 7.25. The molecular weight excluding hydrogens is 316 g/mol. The number of ketones is 1. The number of carbonyl (C=O) groups excluding carboxylic acids is 1. The topological polar surface area (TPSA) is 105 Å². The van der Waals surface area contributed by atoms with Gasteiger partial charge in [-0.1, -0.05) is 37.5 Å². The number of nitrogens with one attached hydrogen (secondary N) is 1. The fourth-order valence-electron chi connectivity index (χ4n) is 1.47. The molecule has 0 aliphatic heterocycles. The number of nitriles is 1. The average molecular weight is 335 g/mol. The molecule has 0 saturated carbocycles. The Morgan fingerprint density at radius 2 is 2.00 bits per heavy atom. The van der Waals surface area contributed by atoms with Gasteiger partial charge in [0, 0.05) is 22.2 Å². The van der Waals surface area contributed by atoms with Crippen LogP contribution in [0.1, 0.15) is 43.4 Å². The van der Waals surface area contributed by atoms with E-state index in [1.807, 2.05) is 32.9 Å². The number of benzene rings is 1. The minimum atomic E-state index is -0.299. The summed E-state index contributed by atoms with van der Waals surface area (Å²) in [5.41, 5.74) is 3.42. The summed E-state index contributed by atoms with van der Waals surface area (Å²) < 4.78 is 5.02. The zero-order valence-electron chi connectivity index (χ0n) is 13.3. The number of rotatable bonds is 3. The van der Waals surface area contributed by atoms with Gasteiger partial charge in [0.05, 0.1) is 6.07 Å². The van der Waals surface area contributed by atoms with Crippen molar-refractivity contribution in [3.8, 4) is 6.07 Å². The SMILES string of the molecule is CC(C)(C)c1cc(C(=O)CC#N)no1.NNc1ccc(Cl)cc1. The molecule has 0 aliphatic rings. The van der Waals surface area contributed by atoms with E-state index in [1.54, 1.807) is 24.3 Å². The molecule has 3 N–H and O–H groups in total. The van der Waals surface area contributed by atoms with Gasteiger partial charge in [-0.25, -0.2) is 0 Å². The summed E-state index contributed by atoms with van der Waals surface area (Å²) in [6.45, 7) is 5.89. The van der Waals surface area contributed by atoms with Crippen LogP contribution >= 0.6 is 11.6 Å². The zero-order chi connectivity index (χ0) is 17.5. The monoisotopic (exact) mass is 334 g/mol. The Hall–Kier alpha value is -2.36. The predicted octanol–water partition coefficient (Wildman–Crippen LogP) is 3.69. The maximum atomic E-state index is 11.2. The van der Waals surface area contributed by atoms with Gasteiger partial charge in [-0.15, -0.1) is 0 Å². The number of nitrogen functional groups attached to an aromatic ring is 1. The Kier molecular flexibility index (Phi) is 6.76. The van der Waals surface area contributed by atoms with Crippen molar-refractivity contribution in [2.75, 3.05) is 5.43 Å². The van der Waals surface area contributed by atoms with Crippen molar-refractivity contribution in [3.63, 3.8) is 0 Å². The number of carbonyl (C=O) groups is 1. The predicted molar refractivity (Wildman–Crippen MR) is 89.0 cm³/mol. The summed E-state index contributed by atoms with van der Waals surface area (Å²) in [5.74, 6) is 5.46. The zero-order valence-corrected chi connectivity index (χ0v) is 14.0. The van der Waals surface area contributed by atoms with Gasteiger partial charge in [0.2, 0.25) is 0 Å². The smallest absolute Gasteiger partial charge is 0.198 e. The van der Waals surface area contributed by atoms with E-state index in [-0.39, 0.29) is 23.3 Å². The van der Waals surface area contributed by atoms with Crippen molar-refractivity contribution in [2.24, 2.45) is 5.84 Å². The Labute approximate surface area is 140 Å². The third kappa shape index (κ3) is 6.10. The van der Waals surface area contributed by atoms with Crippen LogP contribution in [-0.2, 0) is 5.41 Å². The normalized spacial score (nSPS) is 10.3. The van der Waals surface area contributed by atoms with E-state index in [0.29, 0.717) is 10.8 Å². The molecule has 7 heteroatoms. The van der Waals surface area contributed by atoms with E-state index in [4.69, 9.17) is 27.2 Å². The molecule has 23 heavy (non-hydrogen) atoms. The van der Waals surface area contributed by atoms with Crippen LogP contribution in [0.15, 0.2) is 34.9 Å². The number of Topliss-reactive ketones (excluding diaryl/α,β-unsaturated/α-hetero) is 1.